The van der Waals surface area contributed by atoms with Crippen molar-refractivity contribution in [3.63, 3.8) is 0 Å². The van der Waals surface area contributed by atoms with Crippen molar-refractivity contribution in [2.45, 2.75) is 19.3 Å². The summed E-state index contributed by atoms with van der Waals surface area (Å²) in [7, 11) is 0. The summed E-state index contributed by atoms with van der Waals surface area (Å²) in [5.74, 6) is 0.461. The minimum absolute atomic E-state index is 0.0110. The van der Waals surface area contributed by atoms with Crippen LogP contribution in [0.5, 0.6) is 5.75 Å². The molecule has 2 aliphatic rings. The van der Waals surface area contributed by atoms with E-state index in [1.165, 1.54) is 0 Å². The van der Waals surface area contributed by atoms with Gasteiger partial charge in [-0.05, 0) is 42.8 Å². The molecule has 0 radical (unpaired) electrons. The van der Waals surface area contributed by atoms with Crippen LogP contribution in [0.3, 0.4) is 0 Å². The van der Waals surface area contributed by atoms with Crippen LogP contribution in [-0.4, -0.2) is 61.1 Å². The van der Waals surface area contributed by atoms with E-state index in [-0.39, 0.29) is 11.8 Å². The number of amides is 2. The topological polar surface area (TPSA) is 76.1 Å². The maximum atomic E-state index is 12.3. The van der Waals surface area contributed by atoms with Crippen molar-refractivity contribution >= 4 is 28.9 Å². The zero-order chi connectivity index (χ0) is 20.9. The highest BCUT2D eigenvalue weighted by Crippen LogP contribution is 2.27. The lowest BCUT2D eigenvalue weighted by Gasteiger charge is -2.36. The molecular formula is C23H28N4O3. The number of phenols is 1. The second kappa shape index (κ2) is 9.17. The molecule has 0 unspecified atom stereocenters. The molecule has 0 aromatic heterocycles. The van der Waals surface area contributed by atoms with Gasteiger partial charge in [0.05, 0.1) is 5.69 Å². The minimum Gasteiger partial charge on any atom is -0.506 e. The van der Waals surface area contributed by atoms with Crippen LogP contribution < -0.4 is 15.1 Å². The number of rotatable bonds is 6. The van der Waals surface area contributed by atoms with Gasteiger partial charge in [-0.25, -0.2) is 0 Å². The highest BCUT2D eigenvalue weighted by atomic mass is 16.3. The Kier molecular flexibility index (Phi) is 6.18. The van der Waals surface area contributed by atoms with Gasteiger partial charge in [-0.2, -0.15) is 0 Å². The van der Waals surface area contributed by atoms with Gasteiger partial charge >= 0.3 is 0 Å². The Balaban J connectivity index is 1.21. The molecule has 2 saturated heterocycles. The number of nitrogens with one attached hydrogen (secondary N) is 1. The number of nitrogens with zero attached hydrogens (tertiary/aromatic N) is 3. The number of benzene rings is 2. The fraction of sp³-hybridized carbons (Fsp3) is 0.391. The fourth-order valence-corrected chi connectivity index (χ4v) is 4.07. The number of para-hydroxylation sites is 2. The summed E-state index contributed by atoms with van der Waals surface area (Å²) in [5, 5.41) is 12.9. The second-order valence-electron chi connectivity index (χ2n) is 7.81. The van der Waals surface area contributed by atoms with Gasteiger partial charge < -0.3 is 20.2 Å². The summed E-state index contributed by atoms with van der Waals surface area (Å²) < 4.78 is 0. The van der Waals surface area contributed by atoms with Crippen LogP contribution in [0.1, 0.15) is 19.3 Å². The normalized spacial score (nSPS) is 17.4. The molecule has 0 spiro atoms. The Bertz CT molecular complexity index is 892. The smallest absolute Gasteiger partial charge is 0.227 e. The maximum Gasteiger partial charge on any atom is 0.227 e. The third-order valence-electron chi connectivity index (χ3n) is 5.79. The molecule has 2 N–H and O–H groups in total. The van der Waals surface area contributed by atoms with Crippen molar-refractivity contribution in [2.75, 3.05) is 54.4 Å². The van der Waals surface area contributed by atoms with E-state index < -0.39 is 0 Å². The first-order valence-electron chi connectivity index (χ1n) is 10.6. The fourth-order valence-electron chi connectivity index (χ4n) is 4.07. The summed E-state index contributed by atoms with van der Waals surface area (Å²) in [5.41, 5.74) is 2.51. The van der Waals surface area contributed by atoms with Crippen LogP contribution in [0.2, 0.25) is 0 Å². The van der Waals surface area contributed by atoms with Crippen LogP contribution in [-0.2, 0) is 9.59 Å². The third kappa shape index (κ3) is 4.74. The zero-order valence-electron chi connectivity index (χ0n) is 17.1. The standard InChI is InChI=1S/C23H28N4O3/c28-21-5-2-1-4-20(21)26-16-14-25(15-17-26)13-11-22(29)24-18-7-9-19(10-8-18)27-12-3-6-23(27)30/h1-2,4-5,7-10,28H,3,6,11-17H2,(H,24,29). The lowest BCUT2D eigenvalue weighted by Crippen LogP contribution is -2.47. The predicted molar refractivity (Wildman–Crippen MR) is 118 cm³/mol. The van der Waals surface area contributed by atoms with Crippen LogP contribution in [0.25, 0.3) is 0 Å². The molecule has 7 nitrogen and oxygen atoms in total. The van der Waals surface area contributed by atoms with Crippen molar-refractivity contribution in [3.8, 4) is 5.75 Å². The first kappa shape index (κ1) is 20.2. The van der Waals surface area contributed by atoms with Gasteiger partial charge in [0, 0.05) is 63.5 Å². The number of carbonyl (C=O) groups excluding carboxylic acids is 2. The van der Waals surface area contributed by atoms with E-state index in [0.717, 1.165) is 56.2 Å². The Morgan fingerprint density at radius 1 is 0.967 bits per heavy atom. The van der Waals surface area contributed by atoms with Gasteiger partial charge in [0.15, 0.2) is 0 Å². The number of carbonyl (C=O) groups is 2. The monoisotopic (exact) mass is 408 g/mol. The number of hydrogen-bond acceptors (Lipinski definition) is 5. The summed E-state index contributed by atoms with van der Waals surface area (Å²) in [6.45, 7) is 4.86. The summed E-state index contributed by atoms with van der Waals surface area (Å²) >= 11 is 0. The molecule has 0 aliphatic carbocycles. The van der Waals surface area contributed by atoms with Crippen molar-refractivity contribution in [2.24, 2.45) is 0 Å². The van der Waals surface area contributed by atoms with Gasteiger partial charge in [0.1, 0.15) is 5.75 Å². The number of anilines is 3. The molecule has 158 valence electrons. The minimum atomic E-state index is -0.0110. The first-order chi connectivity index (χ1) is 14.6. The van der Waals surface area contributed by atoms with Crippen molar-refractivity contribution in [1.82, 2.24) is 4.90 Å². The molecule has 2 aromatic carbocycles. The molecule has 0 bridgehead atoms. The summed E-state index contributed by atoms with van der Waals surface area (Å²) in [6, 6.07) is 14.9. The van der Waals surface area contributed by atoms with E-state index in [9.17, 15) is 14.7 Å². The quantitative estimate of drug-likeness (QED) is 0.769. The Morgan fingerprint density at radius 3 is 2.37 bits per heavy atom. The van der Waals surface area contributed by atoms with E-state index in [4.69, 9.17) is 0 Å². The number of hydrogen-bond donors (Lipinski definition) is 2. The van der Waals surface area contributed by atoms with E-state index in [1.54, 1.807) is 11.0 Å². The molecule has 30 heavy (non-hydrogen) atoms. The van der Waals surface area contributed by atoms with E-state index >= 15 is 0 Å². The Hall–Kier alpha value is -3.06. The third-order valence-corrected chi connectivity index (χ3v) is 5.79. The number of piperazine rings is 1. The van der Waals surface area contributed by atoms with Crippen LogP contribution >= 0.6 is 0 Å². The highest BCUT2D eigenvalue weighted by molar-refractivity contribution is 5.96. The van der Waals surface area contributed by atoms with Crippen molar-refractivity contribution < 1.29 is 14.7 Å². The van der Waals surface area contributed by atoms with E-state index in [2.05, 4.69) is 15.1 Å². The average molecular weight is 409 g/mol. The molecule has 2 heterocycles. The van der Waals surface area contributed by atoms with E-state index in [1.807, 2.05) is 42.5 Å². The lowest BCUT2D eigenvalue weighted by molar-refractivity contribution is -0.117. The van der Waals surface area contributed by atoms with Crippen LogP contribution in [0, 0.1) is 0 Å². The van der Waals surface area contributed by atoms with Gasteiger partial charge in [-0.3, -0.25) is 14.5 Å². The Morgan fingerprint density at radius 2 is 1.70 bits per heavy atom. The van der Waals surface area contributed by atoms with Crippen molar-refractivity contribution in [3.05, 3.63) is 48.5 Å². The molecule has 0 saturated carbocycles. The molecule has 2 fully saturated rings. The second-order valence-corrected chi connectivity index (χ2v) is 7.81. The zero-order valence-corrected chi connectivity index (χ0v) is 17.1. The SMILES string of the molecule is O=C(CCN1CCN(c2ccccc2O)CC1)Nc1ccc(N2CCCC2=O)cc1. The van der Waals surface area contributed by atoms with Crippen LogP contribution in [0.15, 0.2) is 48.5 Å². The Labute approximate surface area is 176 Å². The lowest BCUT2D eigenvalue weighted by atomic mass is 10.2. The predicted octanol–water partition coefficient (Wildman–Crippen LogP) is 2.67. The van der Waals surface area contributed by atoms with Gasteiger partial charge in [0.25, 0.3) is 0 Å². The largest absolute Gasteiger partial charge is 0.506 e. The summed E-state index contributed by atoms with van der Waals surface area (Å²) in [6.07, 6.45) is 1.94. The molecule has 0 atom stereocenters. The highest BCUT2D eigenvalue weighted by Gasteiger charge is 2.22. The molecule has 2 aliphatic heterocycles. The van der Waals surface area contributed by atoms with Gasteiger partial charge in [0.2, 0.25) is 11.8 Å². The van der Waals surface area contributed by atoms with Crippen molar-refractivity contribution in [1.29, 1.82) is 0 Å². The molecule has 4 rings (SSSR count). The average Bonchev–Trinajstić information content (AvgIpc) is 3.19. The van der Waals surface area contributed by atoms with Crippen LogP contribution in [0.4, 0.5) is 17.1 Å². The van der Waals surface area contributed by atoms with E-state index in [0.29, 0.717) is 25.1 Å². The maximum absolute atomic E-state index is 12.3. The molecular weight excluding hydrogens is 380 g/mol. The molecule has 2 aromatic rings. The molecule has 2 amide bonds. The number of aromatic hydroxyl groups is 1. The molecule has 7 heteroatoms. The number of phenolic OH excluding ortho intramolecular Hbond substituents is 1. The summed E-state index contributed by atoms with van der Waals surface area (Å²) in [4.78, 5) is 30.4. The van der Waals surface area contributed by atoms with Gasteiger partial charge in [-0.1, -0.05) is 12.1 Å². The van der Waals surface area contributed by atoms with Gasteiger partial charge in [-0.15, -0.1) is 0 Å². The first-order valence-corrected chi connectivity index (χ1v) is 10.6.